The Hall–Kier alpha value is -2.09. The molecule has 156 valence electrons. The predicted octanol–water partition coefficient (Wildman–Crippen LogP) is 4.93. The highest BCUT2D eigenvalue weighted by Crippen LogP contribution is 2.30. The van der Waals surface area contributed by atoms with E-state index in [1.807, 2.05) is 35.2 Å². The fourth-order valence-electron chi connectivity index (χ4n) is 3.74. The molecule has 0 radical (unpaired) electrons. The number of aromatic nitrogens is 1. The van der Waals surface area contributed by atoms with Crippen molar-refractivity contribution < 1.29 is 9.59 Å². The molecule has 1 aliphatic rings. The number of carbonyl (C=O) groups excluding carboxylic acids is 2. The van der Waals surface area contributed by atoms with Crippen LogP contribution in [0.4, 0.5) is 0 Å². The Morgan fingerprint density at radius 3 is 2.43 bits per heavy atom. The van der Waals surface area contributed by atoms with Crippen molar-refractivity contribution in [3.05, 3.63) is 63.6 Å². The first kappa shape index (κ1) is 21.2. The normalized spacial score (nSPS) is 16.0. The van der Waals surface area contributed by atoms with Crippen molar-refractivity contribution in [3.63, 3.8) is 0 Å². The Morgan fingerprint density at radius 2 is 1.73 bits per heavy atom. The fourth-order valence-corrected chi connectivity index (χ4v) is 5.06. The van der Waals surface area contributed by atoms with Gasteiger partial charge in [-0.05, 0) is 31.2 Å². The average molecular weight is 486 g/mol. The smallest absolute Gasteiger partial charge is 0.223 e. The molecule has 0 bridgehead atoms. The van der Waals surface area contributed by atoms with Crippen LogP contribution in [-0.2, 0) is 4.79 Å². The first-order valence-electron chi connectivity index (χ1n) is 10.2. The van der Waals surface area contributed by atoms with E-state index in [1.165, 1.54) is 4.70 Å². The molecule has 1 amide bonds. The first-order valence-corrected chi connectivity index (χ1v) is 11.8. The Kier molecular flexibility index (Phi) is 6.61. The zero-order valence-electron chi connectivity index (χ0n) is 16.9. The average Bonchev–Trinajstić information content (AvgIpc) is 3.21. The van der Waals surface area contributed by atoms with Crippen LogP contribution < -0.4 is 0 Å². The third kappa shape index (κ3) is 4.79. The number of rotatable bonds is 6. The maximum atomic E-state index is 12.6. The summed E-state index contributed by atoms with van der Waals surface area (Å²) in [6.07, 6.45) is 0.519. The van der Waals surface area contributed by atoms with Crippen molar-refractivity contribution >= 4 is 49.2 Å². The summed E-state index contributed by atoms with van der Waals surface area (Å²) in [7, 11) is 0. The molecule has 3 aromatic rings. The molecule has 2 heterocycles. The van der Waals surface area contributed by atoms with Crippen molar-refractivity contribution in [2.75, 3.05) is 26.2 Å². The van der Waals surface area contributed by atoms with Crippen LogP contribution in [0.2, 0.25) is 0 Å². The Labute approximate surface area is 188 Å². The number of fused-ring (bicyclic) bond motifs is 1. The number of thiazole rings is 1. The summed E-state index contributed by atoms with van der Waals surface area (Å²) in [5.41, 5.74) is 1.70. The number of halogens is 1. The van der Waals surface area contributed by atoms with Gasteiger partial charge < -0.3 is 4.90 Å². The van der Waals surface area contributed by atoms with Crippen LogP contribution in [0.3, 0.4) is 0 Å². The minimum atomic E-state index is 0.0129. The molecular formula is C23H24BrN3O2S. The highest BCUT2D eigenvalue weighted by Gasteiger charge is 2.26. The number of hydrogen-bond acceptors (Lipinski definition) is 5. The van der Waals surface area contributed by atoms with Gasteiger partial charge in [0.2, 0.25) is 5.91 Å². The quantitative estimate of drug-likeness (QED) is 0.464. The van der Waals surface area contributed by atoms with Gasteiger partial charge >= 0.3 is 0 Å². The molecule has 4 rings (SSSR count). The van der Waals surface area contributed by atoms with Gasteiger partial charge in [-0.3, -0.25) is 14.5 Å². The van der Waals surface area contributed by atoms with Crippen LogP contribution in [0.25, 0.3) is 10.2 Å². The number of Topliss-reactive ketones (excluding diaryl/α,β-unsaturated/α-hetero) is 1. The number of benzene rings is 2. The summed E-state index contributed by atoms with van der Waals surface area (Å²) in [5.74, 6) is 0.0756. The topological polar surface area (TPSA) is 53.5 Å². The summed E-state index contributed by atoms with van der Waals surface area (Å²) >= 11 is 5.11. The fraction of sp³-hybridized carbons (Fsp3) is 0.348. The molecular weight excluding hydrogens is 462 g/mol. The highest BCUT2D eigenvalue weighted by atomic mass is 79.9. The summed E-state index contributed by atoms with van der Waals surface area (Å²) in [6, 6.07) is 15.7. The van der Waals surface area contributed by atoms with Crippen molar-refractivity contribution in [1.82, 2.24) is 14.8 Å². The van der Waals surface area contributed by atoms with Gasteiger partial charge in [0.25, 0.3) is 0 Å². The van der Waals surface area contributed by atoms with Crippen molar-refractivity contribution in [2.45, 2.75) is 25.8 Å². The third-order valence-electron chi connectivity index (χ3n) is 5.61. The monoisotopic (exact) mass is 485 g/mol. The summed E-state index contributed by atoms with van der Waals surface area (Å²) in [4.78, 5) is 34.0. The Balaban J connectivity index is 1.27. The van der Waals surface area contributed by atoms with Gasteiger partial charge in [0, 0.05) is 49.1 Å². The van der Waals surface area contributed by atoms with Gasteiger partial charge in [-0.15, -0.1) is 11.3 Å². The molecule has 1 saturated heterocycles. The van der Waals surface area contributed by atoms with Crippen LogP contribution in [0.1, 0.15) is 41.2 Å². The van der Waals surface area contributed by atoms with Crippen molar-refractivity contribution in [2.24, 2.45) is 0 Å². The lowest BCUT2D eigenvalue weighted by atomic mass is 10.1. The Morgan fingerprint density at radius 1 is 1.03 bits per heavy atom. The minimum Gasteiger partial charge on any atom is -0.340 e. The zero-order chi connectivity index (χ0) is 21.1. The first-order chi connectivity index (χ1) is 14.5. The van der Waals surface area contributed by atoms with Crippen molar-refractivity contribution in [3.8, 4) is 0 Å². The van der Waals surface area contributed by atoms with Crippen LogP contribution in [0.5, 0.6) is 0 Å². The zero-order valence-corrected chi connectivity index (χ0v) is 19.3. The lowest BCUT2D eigenvalue weighted by Crippen LogP contribution is -2.49. The van der Waals surface area contributed by atoms with E-state index >= 15 is 0 Å². The van der Waals surface area contributed by atoms with Gasteiger partial charge in [0.15, 0.2) is 5.78 Å². The summed E-state index contributed by atoms with van der Waals surface area (Å²) in [5, 5.41) is 1.12. The standard InChI is InChI=1S/C23H24BrN3O2S/c1-16(23-25-19-4-2-3-5-21(19)30-23)26-12-14-27(15-13-26)22(29)11-10-20(28)17-6-8-18(24)9-7-17/h2-9,16H,10-15H2,1H3. The maximum absolute atomic E-state index is 12.6. The van der Waals surface area contributed by atoms with Gasteiger partial charge in [0.05, 0.1) is 16.3 Å². The summed E-state index contributed by atoms with van der Waals surface area (Å²) in [6.45, 7) is 5.22. The highest BCUT2D eigenvalue weighted by molar-refractivity contribution is 9.10. The third-order valence-corrected chi connectivity index (χ3v) is 7.35. The second-order valence-corrected chi connectivity index (χ2v) is 9.52. The van der Waals surface area contributed by atoms with E-state index in [0.717, 1.165) is 28.1 Å². The van der Waals surface area contributed by atoms with Crippen LogP contribution in [-0.4, -0.2) is 52.7 Å². The van der Waals surface area contributed by atoms with E-state index in [1.54, 1.807) is 23.5 Å². The van der Waals surface area contributed by atoms with Gasteiger partial charge in [-0.2, -0.15) is 0 Å². The minimum absolute atomic E-state index is 0.0129. The molecule has 2 aromatic carbocycles. The molecule has 7 heteroatoms. The summed E-state index contributed by atoms with van der Waals surface area (Å²) < 4.78 is 2.15. The SMILES string of the molecule is CC(c1nc2ccccc2s1)N1CCN(C(=O)CCC(=O)c2ccc(Br)cc2)CC1. The molecule has 1 unspecified atom stereocenters. The Bertz CT molecular complexity index is 1010. The second kappa shape index (κ2) is 9.37. The number of para-hydroxylation sites is 1. The molecule has 5 nitrogen and oxygen atoms in total. The molecule has 1 fully saturated rings. The van der Waals surface area contributed by atoms with Crippen LogP contribution in [0.15, 0.2) is 53.0 Å². The number of ketones is 1. The van der Waals surface area contributed by atoms with E-state index in [-0.39, 0.29) is 30.6 Å². The predicted molar refractivity (Wildman–Crippen MR) is 124 cm³/mol. The molecule has 0 saturated carbocycles. The number of hydrogen-bond donors (Lipinski definition) is 0. The van der Waals surface area contributed by atoms with E-state index in [0.29, 0.717) is 18.7 Å². The van der Waals surface area contributed by atoms with E-state index in [4.69, 9.17) is 4.98 Å². The number of piperazine rings is 1. The van der Waals surface area contributed by atoms with E-state index in [2.05, 4.69) is 33.8 Å². The van der Waals surface area contributed by atoms with Gasteiger partial charge in [-0.1, -0.05) is 40.2 Å². The van der Waals surface area contributed by atoms with E-state index in [9.17, 15) is 9.59 Å². The van der Waals surface area contributed by atoms with Crippen LogP contribution in [0, 0.1) is 0 Å². The maximum Gasteiger partial charge on any atom is 0.223 e. The largest absolute Gasteiger partial charge is 0.340 e. The number of amides is 1. The van der Waals surface area contributed by atoms with Gasteiger partial charge in [-0.25, -0.2) is 4.98 Å². The molecule has 1 aliphatic heterocycles. The molecule has 30 heavy (non-hydrogen) atoms. The molecule has 0 spiro atoms. The molecule has 1 aromatic heterocycles. The van der Waals surface area contributed by atoms with Gasteiger partial charge in [0.1, 0.15) is 5.01 Å². The molecule has 0 aliphatic carbocycles. The number of carbonyl (C=O) groups is 2. The number of nitrogens with zero attached hydrogens (tertiary/aromatic N) is 3. The lowest BCUT2D eigenvalue weighted by molar-refractivity contribution is -0.133. The lowest BCUT2D eigenvalue weighted by Gasteiger charge is -2.37. The molecule has 0 N–H and O–H groups in total. The van der Waals surface area contributed by atoms with Crippen molar-refractivity contribution in [1.29, 1.82) is 0 Å². The second-order valence-electron chi connectivity index (χ2n) is 7.54. The van der Waals surface area contributed by atoms with Crippen LogP contribution >= 0.6 is 27.3 Å². The molecule has 1 atom stereocenters. The van der Waals surface area contributed by atoms with E-state index < -0.39 is 0 Å².